The van der Waals surface area contributed by atoms with Crippen molar-refractivity contribution in [2.24, 2.45) is 0 Å². The summed E-state index contributed by atoms with van der Waals surface area (Å²) in [5.74, 6) is 0. The van der Waals surface area contributed by atoms with Gasteiger partial charge in [0, 0.05) is 32.4 Å². The monoisotopic (exact) mass is 499 g/mol. The zero-order valence-corrected chi connectivity index (χ0v) is 21.3. The summed E-state index contributed by atoms with van der Waals surface area (Å²) in [5, 5.41) is 0. The Labute approximate surface area is 202 Å². The van der Waals surface area contributed by atoms with Crippen molar-refractivity contribution < 1.29 is 16.8 Å². The Bertz CT molecular complexity index is 1360. The number of nitrogens with zero attached hydrogens (tertiary/aromatic N) is 3. The van der Waals surface area contributed by atoms with Crippen LogP contribution in [0.5, 0.6) is 0 Å². The Hall–Kier alpha value is -2.72. The highest BCUT2D eigenvalue weighted by Crippen LogP contribution is 2.41. The van der Waals surface area contributed by atoms with Gasteiger partial charge in [-0.05, 0) is 55.8 Å². The van der Waals surface area contributed by atoms with Gasteiger partial charge in [-0.15, -0.1) is 0 Å². The molecule has 180 valence electrons. The van der Waals surface area contributed by atoms with E-state index in [1.807, 2.05) is 38.1 Å². The number of anilines is 1. The molecule has 1 aliphatic rings. The number of hydrogen-bond acceptors (Lipinski definition) is 5. The van der Waals surface area contributed by atoms with Gasteiger partial charge in [-0.1, -0.05) is 48.0 Å². The van der Waals surface area contributed by atoms with E-state index in [9.17, 15) is 16.8 Å². The molecule has 0 bridgehead atoms. The van der Waals surface area contributed by atoms with E-state index in [4.69, 9.17) is 0 Å². The van der Waals surface area contributed by atoms with E-state index in [2.05, 4.69) is 0 Å². The number of sulfonamides is 2. The van der Waals surface area contributed by atoms with Crippen molar-refractivity contribution in [3.05, 3.63) is 90.0 Å². The summed E-state index contributed by atoms with van der Waals surface area (Å²) in [4.78, 5) is 2.20. The van der Waals surface area contributed by atoms with E-state index >= 15 is 0 Å². The molecule has 2 unspecified atom stereocenters. The zero-order chi connectivity index (χ0) is 24.7. The highest BCUT2D eigenvalue weighted by Gasteiger charge is 2.50. The molecule has 1 aliphatic heterocycles. The van der Waals surface area contributed by atoms with Crippen molar-refractivity contribution in [3.63, 3.8) is 0 Å². The van der Waals surface area contributed by atoms with Gasteiger partial charge >= 0.3 is 0 Å². The molecule has 0 radical (unpaired) electrons. The highest BCUT2D eigenvalue weighted by atomic mass is 32.2. The molecule has 0 spiro atoms. The molecule has 1 saturated heterocycles. The Morgan fingerprint density at radius 3 is 1.88 bits per heavy atom. The van der Waals surface area contributed by atoms with Gasteiger partial charge in [0.2, 0.25) is 20.0 Å². The second kappa shape index (κ2) is 9.14. The maximum Gasteiger partial charge on any atom is 0.245 e. The maximum atomic E-state index is 13.8. The fourth-order valence-corrected chi connectivity index (χ4v) is 7.72. The molecule has 4 rings (SSSR count). The lowest BCUT2D eigenvalue weighted by Crippen LogP contribution is -2.39. The summed E-state index contributed by atoms with van der Waals surface area (Å²) in [6.07, 6.45) is -1.01. The maximum absolute atomic E-state index is 13.8. The van der Waals surface area contributed by atoms with Crippen molar-refractivity contribution in [2.45, 2.75) is 35.8 Å². The summed E-state index contributed by atoms with van der Waals surface area (Å²) >= 11 is 0. The molecular formula is C25H29N3O4S2. The number of aryl methyl sites for hydroxylation is 1. The van der Waals surface area contributed by atoms with Crippen LogP contribution in [0.1, 0.15) is 24.2 Å². The average Bonchev–Trinajstić information content (AvgIpc) is 3.18. The molecule has 9 heteroatoms. The van der Waals surface area contributed by atoms with Gasteiger partial charge in [0.15, 0.2) is 0 Å². The lowest BCUT2D eigenvalue weighted by atomic mass is 10.1. The van der Waals surface area contributed by atoms with Gasteiger partial charge < -0.3 is 4.90 Å². The summed E-state index contributed by atoms with van der Waals surface area (Å²) in [7, 11) is -4.13. The normalized spacial score (nSPS) is 19.9. The summed E-state index contributed by atoms with van der Waals surface area (Å²) in [5.41, 5.74) is 2.46. The molecule has 3 aromatic rings. The van der Waals surface area contributed by atoms with Gasteiger partial charge in [-0.25, -0.2) is 16.8 Å². The predicted molar refractivity (Wildman–Crippen MR) is 134 cm³/mol. The van der Waals surface area contributed by atoms with Crippen molar-refractivity contribution in [3.8, 4) is 0 Å². The Morgan fingerprint density at radius 1 is 0.765 bits per heavy atom. The first kappa shape index (κ1) is 24.4. The Balaban J connectivity index is 1.87. The first-order valence-electron chi connectivity index (χ1n) is 11.0. The molecule has 7 nitrogen and oxygen atoms in total. The van der Waals surface area contributed by atoms with Crippen molar-refractivity contribution in [1.82, 2.24) is 8.61 Å². The van der Waals surface area contributed by atoms with Crippen LogP contribution in [0.2, 0.25) is 0 Å². The quantitative estimate of drug-likeness (QED) is 0.515. The minimum atomic E-state index is -3.98. The van der Waals surface area contributed by atoms with Gasteiger partial charge in [0.05, 0.1) is 9.79 Å². The van der Waals surface area contributed by atoms with Crippen LogP contribution in [0.3, 0.4) is 0 Å². The Kier molecular flexibility index (Phi) is 6.56. The van der Waals surface area contributed by atoms with Crippen molar-refractivity contribution in [1.29, 1.82) is 0 Å². The molecule has 0 N–H and O–H groups in total. The SMILES string of the molecule is Cc1ccc(S(=O)(=O)N2CC(C)N(S(=O)(=O)c3ccccc3)C2c2ccc(N(C)C)cc2)cc1. The van der Waals surface area contributed by atoms with E-state index in [1.54, 1.807) is 61.5 Å². The van der Waals surface area contributed by atoms with E-state index < -0.39 is 32.3 Å². The minimum Gasteiger partial charge on any atom is -0.378 e. The third-order valence-electron chi connectivity index (χ3n) is 6.05. The Morgan fingerprint density at radius 2 is 1.32 bits per heavy atom. The standard InChI is InChI=1S/C25H29N3O4S2/c1-19-10-16-24(17-11-19)33(29,30)27-18-20(2)28(34(31,32)23-8-6-5-7-9-23)25(27)21-12-14-22(15-13-21)26(3)4/h5-17,20,25H,18H2,1-4H3. The third-order valence-corrected chi connectivity index (χ3v) is 9.86. The zero-order valence-electron chi connectivity index (χ0n) is 19.7. The van der Waals surface area contributed by atoms with Crippen LogP contribution in [0.4, 0.5) is 5.69 Å². The van der Waals surface area contributed by atoms with Crippen LogP contribution < -0.4 is 4.90 Å². The van der Waals surface area contributed by atoms with Crippen molar-refractivity contribution in [2.75, 3.05) is 25.5 Å². The smallest absolute Gasteiger partial charge is 0.245 e. The molecule has 0 aliphatic carbocycles. The van der Waals surface area contributed by atoms with Gasteiger partial charge in [-0.2, -0.15) is 8.61 Å². The number of benzene rings is 3. The second-order valence-electron chi connectivity index (χ2n) is 8.74. The van der Waals surface area contributed by atoms with Crippen LogP contribution in [-0.2, 0) is 20.0 Å². The van der Waals surface area contributed by atoms with Crippen LogP contribution in [-0.4, -0.2) is 52.1 Å². The molecule has 3 aromatic carbocycles. The largest absolute Gasteiger partial charge is 0.378 e. The molecule has 1 fully saturated rings. The predicted octanol–water partition coefficient (Wildman–Crippen LogP) is 3.84. The molecule has 2 atom stereocenters. The number of hydrogen-bond donors (Lipinski definition) is 0. The van der Waals surface area contributed by atoms with E-state index in [0.717, 1.165) is 11.3 Å². The van der Waals surface area contributed by atoms with Gasteiger partial charge in [0.1, 0.15) is 6.17 Å². The molecule has 0 aromatic heterocycles. The fraction of sp³-hybridized carbons (Fsp3) is 0.280. The molecular weight excluding hydrogens is 470 g/mol. The van der Waals surface area contributed by atoms with E-state index in [1.165, 1.54) is 20.7 Å². The summed E-state index contributed by atoms with van der Waals surface area (Å²) in [6.45, 7) is 3.67. The molecule has 0 saturated carbocycles. The lowest BCUT2D eigenvalue weighted by molar-refractivity contribution is 0.276. The lowest BCUT2D eigenvalue weighted by Gasteiger charge is -2.31. The molecule has 0 amide bonds. The van der Waals surface area contributed by atoms with Gasteiger partial charge in [0.25, 0.3) is 0 Å². The van der Waals surface area contributed by atoms with E-state index in [-0.39, 0.29) is 16.3 Å². The first-order valence-corrected chi connectivity index (χ1v) is 13.9. The topological polar surface area (TPSA) is 78.0 Å². The minimum absolute atomic E-state index is 0.0440. The third kappa shape index (κ3) is 4.36. The van der Waals surface area contributed by atoms with E-state index in [0.29, 0.717) is 5.56 Å². The first-order chi connectivity index (χ1) is 16.0. The molecule has 34 heavy (non-hydrogen) atoms. The second-order valence-corrected chi connectivity index (χ2v) is 12.5. The van der Waals surface area contributed by atoms with Crippen LogP contribution >= 0.6 is 0 Å². The fourth-order valence-electron chi connectivity index (χ4n) is 4.22. The van der Waals surface area contributed by atoms with Crippen LogP contribution in [0.15, 0.2) is 88.7 Å². The van der Waals surface area contributed by atoms with Crippen LogP contribution in [0.25, 0.3) is 0 Å². The summed E-state index contributed by atoms with van der Waals surface area (Å²) < 4.78 is 57.6. The van der Waals surface area contributed by atoms with Gasteiger partial charge in [-0.3, -0.25) is 0 Å². The average molecular weight is 500 g/mol. The van der Waals surface area contributed by atoms with Crippen LogP contribution in [0, 0.1) is 6.92 Å². The molecule has 1 heterocycles. The summed E-state index contributed by atoms with van der Waals surface area (Å²) in [6, 6.07) is 21.5. The highest BCUT2D eigenvalue weighted by molar-refractivity contribution is 7.90. The van der Waals surface area contributed by atoms with Crippen molar-refractivity contribution >= 4 is 25.7 Å². The number of rotatable bonds is 6.